The Hall–Kier alpha value is -0.0800. The van der Waals surface area contributed by atoms with Crippen LogP contribution in [0.3, 0.4) is 0 Å². The molecule has 18 heavy (non-hydrogen) atoms. The standard InChI is InChI=1S/C16H32N2/c1-7-8(2)10(4)14-12(6)16(18)15(17)11(5)13(14)9(7)3/h7-16H,17-18H2,1-6H3. The number of fused-ring (bicyclic) bond motifs is 1. The molecule has 10 unspecified atom stereocenters. The molecule has 10 atom stereocenters. The minimum absolute atomic E-state index is 0.177. The summed E-state index contributed by atoms with van der Waals surface area (Å²) in [6.45, 7) is 14.4. The Morgan fingerprint density at radius 1 is 0.444 bits per heavy atom. The molecule has 0 spiro atoms. The molecule has 0 radical (unpaired) electrons. The Labute approximate surface area is 113 Å². The lowest BCUT2D eigenvalue weighted by Gasteiger charge is -2.58. The molecule has 0 aromatic rings. The average Bonchev–Trinajstić information content (AvgIpc) is 2.35. The van der Waals surface area contributed by atoms with Gasteiger partial charge >= 0.3 is 0 Å². The summed E-state index contributed by atoms with van der Waals surface area (Å²) in [5.41, 5.74) is 12.8. The van der Waals surface area contributed by atoms with Crippen LogP contribution < -0.4 is 11.5 Å². The molecule has 106 valence electrons. The third kappa shape index (κ3) is 1.84. The van der Waals surface area contributed by atoms with Crippen LogP contribution in [0.5, 0.6) is 0 Å². The summed E-state index contributed by atoms with van der Waals surface area (Å²) < 4.78 is 0. The maximum Gasteiger partial charge on any atom is 0.0223 e. The van der Waals surface area contributed by atoms with E-state index in [1.165, 1.54) is 0 Å². The molecule has 0 aromatic heterocycles. The predicted octanol–water partition coefficient (Wildman–Crippen LogP) is 2.72. The van der Waals surface area contributed by atoms with Crippen molar-refractivity contribution in [3.63, 3.8) is 0 Å². The molecule has 0 bridgehead atoms. The molecule has 4 N–H and O–H groups in total. The van der Waals surface area contributed by atoms with Crippen molar-refractivity contribution in [3.8, 4) is 0 Å². The second-order valence-corrected chi connectivity index (χ2v) is 7.46. The summed E-state index contributed by atoms with van der Waals surface area (Å²) in [7, 11) is 0. The smallest absolute Gasteiger partial charge is 0.0223 e. The molecule has 2 aliphatic rings. The molecule has 2 rings (SSSR count). The number of nitrogens with two attached hydrogens (primary N) is 2. The van der Waals surface area contributed by atoms with Crippen molar-refractivity contribution in [2.75, 3.05) is 0 Å². The van der Waals surface area contributed by atoms with E-state index >= 15 is 0 Å². The fraction of sp³-hybridized carbons (Fsp3) is 1.00. The SMILES string of the molecule is CC1C(C)C(C)C2C(C)C(N)C(N)C(C)C2C1C. The quantitative estimate of drug-likeness (QED) is 0.696. The van der Waals surface area contributed by atoms with Gasteiger partial charge in [-0.2, -0.15) is 0 Å². The van der Waals surface area contributed by atoms with Crippen LogP contribution in [-0.2, 0) is 0 Å². The number of rotatable bonds is 0. The highest BCUT2D eigenvalue weighted by molar-refractivity contribution is 5.04. The Balaban J connectivity index is 2.36. The van der Waals surface area contributed by atoms with Gasteiger partial charge in [-0.1, -0.05) is 41.5 Å². The summed E-state index contributed by atoms with van der Waals surface area (Å²) >= 11 is 0. The minimum Gasteiger partial charge on any atom is -0.326 e. The molecular weight excluding hydrogens is 220 g/mol. The lowest BCUT2D eigenvalue weighted by atomic mass is 9.48. The zero-order valence-corrected chi connectivity index (χ0v) is 12.9. The van der Waals surface area contributed by atoms with Crippen LogP contribution in [0, 0.1) is 47.3 Å². The van der Waals surface area contributed by atoms with Crippen LogP contribution in [0.1, 0.15) is 41.5 Å². The third-order valence-electron chi connectivity index (χ3n) is 7.02. The highest BCUT2D eigenvalue weighted by Gasteiger charge is 2.53. The zero-order chi connectivity index (χ0) is 13.8. The molecule has 0 saturated heterocycles. The second-order valence-electron chi connectivity index (χ2n) is 7.46. The maximum atomic E-state index is 6.38. The fourth-order valence-electron chi connectivity index (χ4n) is 5.23. The normalized spacial score (nSPS) is 61.3. The first-order valence-corrected chi connectivity index (χ1v) is 7.80. The van der Waals surface area contributed by atoms with Crippen LogP contribution in [0.4, 0.5) is 0 Å². The average molecular weight is 252 g/mol. The first-order chi connectivity index (χ1) is 8.29. The van der Waals surface area contributed by atoms with E-state index in [2.05, 4.69) is 41.5 Å². The van der Waals surface area contributed by atoms with Crippen molar-refractivity contribution in [1.82, 2.24) is 0 Å². The summed E-state index contributed by atoms with van der Waals surface area (Å²) in [5, 5.41) is 0. The van der Waals surface area contributed by atoms with Crippen molar-refractivity contribution in [3.05, 3.63) is 0 Å². The van der Waals surface area contributed by atoms with E-state index in [0.717, 1.165) is 35.5 Å². The third-order valence-corrected chi connectivity index (χ3v) is 7.02. The molecule has 0 heterocycles. The molecule has 2 nitrogen and oxygen atoms in total. The van der Waals surface area contributed by atoms with Crippen LogP contribution in [-0.4, -0.2) is 12.1 Å². The first-order valence-electron chi connectivity index (χ1n) is 7.80. The highest BCUT2D eigenvalue weighted by Crippen LogP contribution is 2.54. The van der Waals surface area contributed by atoms with E-state index in [9.17, 15) is 0 Å². The molecule has 2 aliphatic carbocycles. The van der Waals surface area contributed by atoms with Crippen LogP contribution in [0.25, 0.3) is 0 Å². The molecule has 2 saturated carbocycles. The molecule has 0 aliphatic heterocycles. The van der Waals surface area contributed by atoms with Crippen LogP contribution in [0.2, 0.25) is 0 Å². The van der Waals surface area contributed by atoms with E-state index in [1.807, 2.05) is 0 Å². The fourth-order valence-corrected chi connectivity index (χ4v) is 5.23. The summed E-state index contributed by atoms with van der Waals surface area (Å²) in [6, 6.07) is 0.355. The second kappa shape index (κ2) is 4.79. The van der Waals surface area contributed by atoms with Crippen molar-refractivity contribution < 1.29 is 0 Å². The van der Waals surface area contributed by atoms with Crippen molar-refractivity contribution in [2.24, 2.45) is 58.8 Å². The van der Waals surface area contributed by atoms with E-state index in [0.29, 0.717) is 11.8 Å². The van der Waals surface area contributed by atoms with E-state index < -0.39 is 0 Å². The molecule has 2 heteroatoms. The van der Waals surface area contributed by atoms with Gasteiger partial charge in [0.2, 0.25) is 0 Å². The molecule has 0 aromatic carbocycles. The van der Waals surface area contributed by atoms with Gasteiger partial charge in [0.15, 0.2) is 0 Å². The summed E-state index contributed by atoms with van der Waals surface area (Å²) in [5.74, 6) is 5.80. The maximum absolute atomic E-state index is 6.38. The minimum atomic E-state index is 0.177. The van der Waals surface area contributed by atoms with E-state index in [4.69, 9.17) is 11.5 Å². The first kappa shape index (κ1) is 14.3. The highest BCUT2D eigenvalue weighted by atomic mass is 14.8. The Morgan fingerprint density at radius 2 is 0.722 bits per heavy atom. The monoisotopic (exact) mass is 252 g/mol. The lowest BCUT2D eigenvalue weighted by Crippen LogP contribution is -2.63. The van der Waals surface area contributed by atoms with Gasteiger partial charge in [0.05, 0.1) is 0 Å². The van der Waals surface area contributed by atoms with E-state index in [1.54, 1.807) is 0 Å². The molecular formula is C16H32N2. The van der Waals surface area contributed by atoms with Gasteiger partial charge in [0, 0.05) is 12.1 Å². The van der Waals surface area contributed by atoms with Gasteiger partial charge in [-0.05, 0) is 47.3 Å². The van der Waals surface area contributed by atoms with Gasteiger partial charge in [0.25, 0.3) is 0 Å². The summed E-state index contributed by atoms with van der Waals surface area (Å²) in [4.78, 5) is 0. The van der Waals surface area contributed by atoms with Gasteiger partial charge in [-0.15, -0.1) is 0 Å². The molecule has 0 amide bonds. The van der Waals surface area contributed by atoms with Crippen LogP contribution >= 0.6 is 0 Å². The Morgan fingerprint density at radius 3 is 1.00 bits per heavy atom. The van der Waals surface area contributed by atoms with E-state index in [-0.39, 0.29) is 12.1 Å². The van der Waals surface area contributed by atoms with Crippen molar-refractivity contribution in [2.45, 2.75) is 53.6 Å². The van der Waals surface area contributed by atoms with Gasteiger partial charge in [-0.25, -0.2) is 0 Å². The zero-order valence-electron chi connectivity index (χ0n) is 12.9. The van der Waals surface area contributed by atoms with Gasteiger partial charge in [-0.3, -0.25) is 0 Å². The van der Waals surface area contributed by atoms with Crippen molar-refractivity contribution in [1.29, 1.82) is 0 Å². The largest absolute Gasteiger partial charge is 0.326 e. The van der Waals surface area contributed by atoms with Gasteiger partial charge < -0.3 is 11.5 Å². The number of hydrogen-bond acceptors (Lipinski definition) is 2. The number of hydrogen-bond donors (Lipinski definition) is 2. The lowest BCUT2D eigenvalue weighted by molar-refractivity contribution is -0.0808. The van der Waals surface area contributed by atoms with Gasteiger partial charge in [0.1, 0.15) is 0 Å². The topological polar surface area (TPSA) is 52.0 Å². The predicted molar refractivity (Wildman–Crippen MR) is 77.9 cm³/mol. The van der Waals surface area contributed by atoms with Crippen LogP contribution in [0.15, 0.2) is 0 Å². The molecule has 2 fully saturated rings. The Kier molecular flexibility index (Phi) is 3.81. The van der Waals surface area contributed by atoms with Crippen molar-refractivity contribution >= 4 is 0 Å². The Bertz CT molecular complexity index is 245. The summed E-state index contributed by atoms with van der Waals surface area (Å²) in [6.07, 6.45) is 0.